The molecule has 15 heavy (non-hydrogen) atoms. The van der Waals surface area contributed by atoms with Gasteiger partial charge >= 0.3 is 0 Å². The van der Waals surface area contributed by atoms with Crippen LogP contribution in [0, 0.1) is 11.8 Å². The summed E-state index contributed by atoms with van der Waals surface area (Å²) < 4.78 is 0. The number of carbonyl (C=O) groups is 1. The molecule has 0 spiro atoms. The van der Waals surface area contributed by atoms with Gasteiger partial charge in [-0.05, 0) is 12.3 Å². The summed E-state index contributed by atoms with van der Waals surface area (Å²) >= 11 is 0. The maximum absolute atomic E-state index is 12.0. The standard InChI is InChI=1S/C13H25NO/c1-9(2)13(15)12(14-10(3)4)8-11-6-5-7-11/h9-12,14H,5-8H2,1-4H3/t12-/m0/s1. The van der Waals surface area contributed by atoms with Gasteiger partial charge in [-0.25, -0.2) is 0 Å². The summed E-state index contributed by atoms with van der Waals surface area (Å²) in [6.07, 6.45) is 5.05. The average molecular weight is 211 g/mol. The van der Waals surface area contributed by atoms with Crippen LogP contribution in [-0.2, 0) is 4.79 Å². The lowest BCUT2D eigenvalue weighted by Gasteiger charge is -2.31. The van der Waals surface area contributed by atoms with Gasteiger partial charge in [-0.2, -0.15) is 0 Å². The van der Waals surface area contributed by atoms with Crippen molar-refractivity contribution in [3.63, 3.8) is 0 Å². The Morgan fingerprint density at radius 1 is 1.27 bits per heavy atom. The fraction of sp³-hybridized carbons (Fsp3) is 0.923. The lowest BCUT2D eigenvalue weighted by molar-refractivity contribution is -0.124. The molecule has 1 aliphatic carbocycles. The molecule has 0 bridgehead atoms. The Morgan fingerprint density at radius 3 is 2.20 bits per heavy atom. The van der Waals surface area contributed by atoms with Crippen LogP contribution in [0.4, 0.5) is 0 Å². The molecule has 2 heteroatoms. The van der Waals surface area contributed by atoms with Crippen molar-refractivity contribution in [1.82, 2.24) is 5.32 Å². The van der Waals surface area contributed by atoms with Gasteiger partial charge in [0.2, 0.25) is 0 Å². The van der Waals surface area contributed by atoms with Crippen molar-refractivity contribution in [2.24, 2.45) is 11.8 Å². The van der Waals surface area contributed by atoms with Gasteiger partial charge in [-0.1, -0.05) is 47.0 Å². The van der Waals surface area contributed by atoms with Gasteiger partial charge < -0.3 is 5.32 Å². The topological polar surface area (TPSA) is 29.1 Å². The molecule has 0 aliphatic heterocycles. The summed E-state index contributed by atoms with van der Waals surface area (Å²) in [6.45, 7) is 8.22. The fourth-order valence-electron chi connectivity index (χ4n) is 2.13. The summed E-state index contributed by atoms with van der Waals surface area (Å²) in [5.41, 5.74) is 0. The van der Waals surface area contributed by atoms with E-state index < -0.39 is 0 Å². The second kappa shape index (κ2) is 5.64. The molecule has 2 nitrogen and oxygen atoms in total. The molecule has 88 valence electrons. The van der Waals surface area contributed by atoms with Crippen molar-refractivity contribution in [3.05, 3.63) is 0 Å². The molecule has 0 radical (unpaired) electrons. The minimum atomic E-state index is 0.0929. The van der Waals surface area contributed by atoms with E-state index in [0.29, 0.717) is 11.8 Å². The van der Waals surface area contributed by atoms with Crippen molar-refractivity contribution < 1.29 is 4.79 Å². The molecule has 1 saturated carbocycles. The van der Waals surface area contributed by atoms with Crippen LogP contribution in [0.1, 0.15) is 53.4 Å². The summed E-state index contributed by atoms with van der Waals surface area (Å²) in [5.74, 6) is 1.33. The van der Waals surface area contributed by atoms with Gasteiger partial charge in [0, 0.05) is 12.0 Å². The van der Waals surface area contributed by atoms with E-state index in [4.69, 9.17) is 0 Å². The minimum Gasteiger partial charge on any atom is -0.305 e. The first-order valence-corrected chi connectivity index (χ1v) is 6.30. The van der Waals surface area contributed by atoms with Crippen LogP contribution in [0.2, 0.25) is 0 Å². The second-order valence-corrected chi connectivity index (χ2v) is 5.46. The Balaban J connectivity index is 2.47. The number of ketones is 1. The van der Waals surface area contributed by atoms with Crippen molar-refractivity contribution in [3.8, 4) is 0 Å². The second-order valence-electron chi connectivity index (χ2n) is 5.46. The predicted molar refractivity (Wildman–Crippen MR) is 63.9 cm³/mol. The maximum atomic E-state index is 12.0. The highest BCUT2D eigenvalue weighted by Gasteiger charge is 2.27. The van der Waals surface area contributed by atoms with Gasteiger partial charge in [-0.3, -0.25) is 4.79 Å². The van der Waals surface area contributed by atoms with Crippen molar-refractivity contribution >= 4 is 5.78 Å². The molecular formula is C13H25NO. The van der Waals surface area contributed by atoms with E-state index in [1.807, 2.05) is 13.8 Å². The molecule has 0 aromatic carbocycles. The molecule has 0 heterocycles. The summed E-state index contributed by atoms with van der Waals surface area (Å²) in [5, 5.41) is 3.41. The van der Waals surface area contributed by atoms with E-state index >= 15 is 0 Å². The summed E-state index contributed by atoms with van der Waals surface area (Å²) in [6, 6.07) is 0.494. The largest absolute Gasteiger partial charge is 0.305 e. The van der Waals surface area contributed by atoms with E-state index in [2.05, 4.69) is 19.2 Å². The van der Waals surface area contributed by atoms with Crippen LogP contribution < -0.4 is 5.32 Å². The molecule has 1 N–H and O–H groups in total. The molecule has 0 unspecified atom stereocenters. The smallest absolute Gasteiger partial charge is 0.152 e. The zero-order valence-corrected chi connectivity index (χ0v) is 10.5. The predicted octanol–water partition coefficient (Wildman–Crippen LogP) is 2.77. The first kappa shape index (κ1) is 12.7. The monoisotopic (exact) mass is 211 g/mol. The molecule has 0 saturated heterocycles. The zero-order valence-electron chi connectivity index (χ0n) is 10.5. The number of rotatable bonds is 6. The van der Waals surface area contributed by atoms with Gasteiger partial charge in [0.1, 0.15) is 0 Å². The van der Waals surface area contributed by atoms with Gasteiger partial charge in [0.05, 0.1) is 6.04 Å². The van der Waals surface area contributed by atoms with Crippen LogP contribution in [0.3, 0.4) is 0 Å². The van der Waals surface area contributed by atoms with Crippen LogP contribution >= 0.6 is 0 Å². The number of carbonyl (C=O) groups excluding carboxylic acids is 1. The highest BCUT2D eigenvalue weighted by atomic mass is 16.1. The molecule has 0 aromatic heterocycles. The Bertz CT molecular complexity index is 207. The minimum absolute atomic E-state index is 0.0929. The third kappa shape index (κ3) is 3.94. The Labute approximate surface area is 93.8 Å². The number of hydrogen-bond donors (Lipinski definition) is 1. The lowest BCUT2D eigenvalue weighted by Crippen LogP contribution is -2.44. The highest BCUT2D eigenvalue weighted by molar-refractivity contribution is 5.85. The highest BCUT2D eigenvalue weighted by Crippen LogP contribution is 2.31. The Hall–Kier alpha value is -0.370. The molecular weight excluding hydrogens is 186 g/mol. The maximum Gasteiger partial charge on any atom is 0.152 e. The molecule has 0 aromatic rings. The van der Waals surface area contributed by atoms with Gasteiger partial charge in [-0.15, -0.1) is 0 Å². The van der Waals surface area contributed by atoms with Crippen LogP contribution in [0.25, 0.3) is 0 Å². The van der Waals surface area contributed by atoms with E-state index in [9.17, 15) is 4.79 Å². The lowest BCUT2D eigenvalue weighted by atomic mass is 9.79. The van der Waals surface area contributed by atoms with Crippen molar-refractivity contribution in [2.75, 3.05) is 0 Å². The number of hydrogen-bond acceptors (Lipinski definition) is 2. The molecule has 1 rings (SSSR count). The third-order valence-electron chi connectivity index (χ3n) is 3.24. The van der Waals surface area contributed by atoms with Crippen LogP contribution in [-0.4, -0.2) is 17.9 Å². The molecule has 1 aliphatic rings. The summed E-state index contributed by atoms with van der Waals surface area (Å²) in [4.78, 5) is 12.0. The summed E-state index contributed by atoms with van der Waals surface area (Å²) in [7, 11) is 0. The van der Waals surface area contributed by atoms with E-state index in [1.54, 1.807) is 0 Å². The Kier molecular flexibility index (Phi) is 4.78. The van der Waals surface area contributed by atoms with Gasteiger partial charge in [0.15, 0.2) is 5.78 Å². The van der Waals surface area contributed by atoms with E-state index in [-0.39, 0.29) is 12.0 Å². The third-order valence-corrected chi connectivity index (χ3v) is 3.24. The quantitative estimate of drug-likeness (QED) is 0.732. The van der Waals surface area contributed by atoms with Crippen LogP contribution in [0.5, 0.6) is 0 Å². The first-order chi connectivity index (χ1) is 7.00. The van der Waals surface area contributed by atoms with Crippen molar-refractivity contribution in [1.29, 1.82) is 0 Å². The zero-order chi connectivity index (χ0) is 11.4. The SMILES string of the molecule is CC(C)N[C@@H](CC1CCC1)C(=O)C(C)C. The van der Waals surface area contributed by atoms with E-state index in [1.165, 1.54) is 19.3 Å². The van der Waals surface area contributed by atoms with Crippen LogP contribution in [0.15, 0.2) is 0 Å². The average Bonchev–Trinajstić information content (AvgIpc) is 2.07. The number of Topliss-reactive ketones (excluding diaryl/α,β-unsaturated/α-hetero) is 1. The molecule has 1 atom stereocenters. The molecule has 0 amide bonds. The Morgan fingerprint density at radius 2 is 1.87 bits per heavy atom. The molecule has 1 fully saturated rings. The van der Waals surface area contributed by atoms with E-state index in [0.717, 1.165) is 12.3 Å². The van der Waals surface area contributed by atoms with Crippen molar-refractivity contribution in [2.45, 2.75) is 65.5 Å². The first-order valence-electron chi connectivity index (χ1n) is 6.30. The number of nitrogens with one attached hydrogen (secondary N) is 1. The fourth-order valence-corrected chi connectivity index (χ4v) is 2.13. The van der Waals surface area contributed by atoms with Gasteiger partial charge in [0.25, 0.3) is 0 Å². The normalized spacial score (nSPS) is 19.3.